The second kappa shape index (κ2) is 8.95. The SMILES string of the molecule is CCCCCCN(CCO)C(=O)[C@@H]1CC[C@H](C(=O)O)C1. The first-order chi connectivity index (χ1) is 9.60. The van der Waals surface area contributed by atoms with Gasteiger partial charge >= 0.3 is 5.97 Å². The largest absolute Gasteiger partial charge is 0.481 e. The van der Waals surface area contributed by atoms with Crippen molar-refractivity contribution in [2.24, 2.45) is 11.8 Å². The van der Waals surface area contributed by atoms with E-state index in [9.17, 15) is 9.59 Å². The van der Waals surface area contributed by atoms with E-state index in [0.717, 1.165) is 25.7 Å². The molecule has 0 aromatic heterocycles. The van der Waals surface area contributed by atoms with Crippen LogP contribution in [0.3, 0.4) is 0 Å². The number of amides is 1. The van der Waals surface area contributed by atoms with Gasteiger partial charge in [-0.2, -0.15) is 0 Å². The van der Waals surface area contributed by atoms with E-state index in [-0.39, 0.29) is 24.3 Å². The number of aliphatic hydroxyl groups excluding tert-OH is 1. The van der Waals surface area contributed by atoms with Crippen LogP contribution >= 0.6 is 0 Å². The lowest BCUT2D eigenvalue weighted by atomic mass is 10.0. The number of carboxylic acid groups (broad SMARTS) is 1. The summed E-state index contributed by atoms with van der Waals surface area (Å²) in [6, 6.07) is 0. The fourth-order valence-electron chi connectivity index (χ4n) is 2.87. The van der Waals surface area contributed by atoms with Crippen LogP contribution in [0.4, 0.5) is 0 Å². The van der Waals surface area contributed by atoms with Gasteiger partial charge < -0.3 is 15.1 Å². The number of hydrogen-bond donors (Lipinski definition) is 2. The third kappa shape index (κ3) is 5.12. The zero-order valence-electron chi connectivity index (χ0n) is 12.4. The first kappa shape index (κ1) is 17.0. The predicted molar refractivity (Wildman–Crippen MR) is 76.3 cm³/mol. The van der Waals surface area contributed by atoms with Crippen molar-refractivity contribution in [2.45, 2.75) is 51.9 Å². The Bertz CT molecular complexity index is 319. The highest BCUT2D eigenvalue weighted by atomic mass is 16.4. The van der Waals surface area contributed by atoms with Crippen molar-refractivity contribution in [1.82, 2.24) is 4.90 Å². The molecule has 1 fully saturated rings. The first-order valence-electron chi connectivity index (χ1n) is 7.72. The van der Waals surface area contributed by atoms with Crippen molar-refractivity contribution >= 4 is 11.9 Å². The molecule has 1 aliphatic rings. The van der Waals surface area contributed by atoms with Crippen LogP contribution in [0.1, 0.15) is 51.9 Å². The van der Waals surface area contributed by atoms with Crippen molar-refractivity contribution in [2.75, 3.05) is 19.7 Å². The average molecular weight is 285 g/mol. The molecule has 0 aromatic carbocycles. The molecular formula is C15H27NO4. The average Bonchev–Trinajstić information content (AvgIpc) is 2.91. The van der Waals surface area contributed by atoms with Crippen LogP contribution in [-0.2, 0) is 9.59 Å². The normalized spacial score (nSPS) is 21.9. The van der Waals surface area contributed by atoms with Crippen LogP contribution in [0.5, 0.6) is 0 Å². The van der Waals surface area contributed by atoms with E-state index in [1.165, 1.54) is 0 Å². The van der Waals surface area contributed by atoms with Crippen LogP contribution in [0.25, 0.3) is 0 Å². The van der Waals surface area contributed by atoms with E-state index in [1.807, 2.05) is 0 Å². The summed E-state index contributed by atoms with van der Waals surface area (Å²) < 4.78 is 0. The van der Waals surface area contributed by atoms with Gasteiger partial charge in [-0.05, 0) is 25.7 Å². The summed E-state index contributed by atoms with van der Waals surface area (Å²) in [5.41, 5.74) is 0. The molecular weight excluding hydrogens is 258 g/mol. The molecule has 1 amide bonds. The maximum absolute atomic E-state index is 12.4. The number of nitrogens with zero attached hydrogens (tertiary/aromatic N) is 1. The lowest BCUT2D eigenvalue weighted by Gasteiger charge is -2.25. The Hall–Kier alpha value is -1.10. The van der Waals surface area contributed by atoms with Crippen molar-refractivity contribution in [3.63, 3.8) is 0 Å². The van der Waals surface area contributed by atoms with Gasteiger partial charge in [0.1, 0.15) is 0 Å². The minimum absolute atomic E-state index is 0.0271. The topological polar surface area (TPSA) is 77.8 Å². The number of hydrogen-bond acceptors (Lipinski definition) is 3. The third-order valence-electron chi connectivity index (χ3n) is 4.09. The highest BCUT2D eigenvalue weighted by Gasteiger charge is 2.35. The van der Waals surface area contributed by atoms with Crippen LogP contribution in [0.2, 0.25) is 0 Å². The molecule has 1 rings (SSSR count). The van der Waals surface area contributed by atoms with Gasteiger partial charge in [0.05, 0.1) is 12.5 Å². The van der Waals surface area contributed by atoms with Gasteiger partial charge in [-0.15, -0.1) is 0 Å². The number of rotatable bonds is 9. The number of carbonyl (C=O) groups is 2. The minimum atomic E-state index is -0.794. The lowest BCUT2D eigenvalue weighted by Crippen LogP contribution is -2.38. The van der Waals surface area contributed by atoms with E-state index in [1.54, 1.807) is 4.90 Å². The molecule has 1 aliphatic carbocycles. The summed E-state index contributed by atoms with van der Waals surface area (Å²) in [6.07, 6.45) is 6.05. The summed E-state index contributed by atoms with van der Waals surface area (Å²) >= 11 is 0. The summed E-state index contributed by atoms with van der Waals surface area (Å²) in [4.78, 5) is 25.0. The molecule has 5 heteroatoms. The van der Waals surface area contributed by atoms with E-state index in [0.29, 0.717) is 32.4 Å². The van der Waals surface area contributed by atoms with Gasteiger partial charge in [0.2, 0.25) is 5.91 Å². The van der Waals surface area contributed by atoms with Crippen molar-refractivity contribution in [1.29, 1.82) is 0 Å². The Morgan fingerprint density at radius 1 is 1.10 bits per heavy atom. The van der Waals surface area contributed by atoms with Gasteiger partial charge in [0.25, 0.3) is 0 Å². The molecule has 0 radical (unpaired) electrons. The summed E-state index contributed by atoms with van der Waals surface area (Å²) in [6.45, 7) is 3.14. The Kier molecular flexibility index (Phi) is 7.59. The van der Waals surface area contributed by atoms with E-state index < -0.39 is 5.97 Å². The van der Waals surface area contributed by atoms with Crippen LogP contribution < -0.4 is 0 Å². The molecule has 0 aliphatic heterocycles. The van der Waals surface area contributed by atoms with E-state index in [4.69, 9.17) is 10.2 Å². The molecule has 1 saturated carbocycles. The fraction of sp³-hybridized carbons (Fsp3) is 0.867. The zero-order valence-corrected chi connectivity index (χ0v) is 12.4. The monoisotopic (exact) mass is 285 g/mol. The van der Waals surface area contributed by atoms with Gasteiger partial charge in [-0.25, -0.2) is 0 Å². The molecule has 0 saturated heterocycles. The van der Waals surface area contributed by atoms with E-state index in [2.05, 4.69) is 6.92 Å². The molecule has 0 bridgehead atoms. The van der Waals surface area contributed by atoms with Crippen LogP contribution in [0, 0.1) is 11.8 Å². The summed E-state index contributed by atoms with van der Waals surface area (Å²) in [5, 5.41) is 18.1. The third-order valence-corrected chi connectivity index (χ3v) is 4.09. The maximum Gasteiger partial charge on any atom is 0.306 e. The lowest BCUT2D eigenvalue weighted by molar-refractivity contribution is -0.141. The number of carboxylic acids is 1. The number of aliphatic hydroxyl groups is 1. The van der Waals surface area contributed by atoms with Crippen LogP contribution in [-0.4, -0.2) is 46.7 Å². The van der Waals surface area contributed by atoms with Gasteiger partial charge in [0.15, 0.2) is 0 Å². The molecule has 0 aromatic rings. The zero-order chi connectivity index (χ0) is 15.0. The minimum Gasteiger partial charge on any atom is -0.481 e. The second-order valence-corrected chi connectivity index (χ2v) is 5.65. The Labute approximate surface area is 121 Å². The molecule has 0 spiro atoms. The maximum atomic E-state index is 12.4. The Morgan fingerprint density at radius 2 is 1.80 bits per heavy atom. The molecule has 5 nitrogen and oxygen atoms in total. The van der Waals surface area contributed by atoms with Gasteiger partial charge in [-0.3, -0.25) is 9.59 Å². The standard InChI is InChI=1S/C15H27NO4/c1-2-3-4-5-8-16(9-10-17)14(18)12-6-7-13(11-12)15(19)20/h12-13,17H,2-11H2,1H3,(H,19,20)/t12-,13+/m1/s1. The molecule has 2 N–H and O–H groups in total. The highest BCUT2D eigenvalue weighted by Crippen LogP contribution is 2.32. The highest BCUT2D eigenvalue weighted by molar-refractivity contribution is 5.81. The number of carbonyl (C=O) groups excluding carboxylic acids is 1. The van der Waals surface area contributed by atoms with Crippen molar-refractivity contribution in [3.8, 4) is 0 Å². The first-order valence-corrected chi connectivity index (χ1v) is 7.72. The van der Waals surface area contributed by atoms with Gasteiger partial charge in [-0.1, -0.05) is 26.2 Å². The molecule has 2 atom stereocenters. The number of aliphatic carboxylic acids is 1. The second-order valence-electron chi connectivity index (χ2n) is 5.65. The van der Waals surface area contributed by atoms with Crippen LogP contribution in [0.15, 0.2) is 0 Å². The Morgan fingerprint density at radius 3 is 2.35 bits per heavy atom. The van der Waals surface area contributed by atoms with E-state index >= 15 is 0 Å². The Balaban J connectivity index is 2.45. The summed E-state index contributed by atoms with van der Waals surface area (Å²) in [5.74, 6) is -1.31. The molecule has 116 valence electrons. The smallest absolute Gasteiger partial charge is 0.306 e. The summed E-state index contributed by atoms with van der Waals surface area (Å²) in [7, 11) is 0. The van der Waals surface area contributed by atoms with Crippen molar-refractivity contribution < 1.29 is 19.8 Å². The number of unbranched alkanes of at least 4 members (excludes halogenated alkanes) is 3. The quantitative estimate of drug-likeness (QED) is 0.634. The van der Waals surface area contributed by atoms with Gasteiger partial charge in [0, 0.05) is 19.0 Å². The molecule has 0 unspecified atom stereocenters. The fourth-order valence-corrected chi connectivity index (χ4v) is 2.87. The predicted octanol–water partition coefficient (Wildman–Crippen LogP) is 1.89. The molecule has 20 heavy (non-hydrogen) atoms. The van der Waals surface area contributed by atoms with Crippen molar-refractivity contribution in [3.05, 3.63) is 0 Å². The molecule has 0 heterocycles.